The second-order valence-electron chi connectivity index (χ2n) is 8.69. The van der Waals surface area contributed by atoms with Gasteiger partial charge in [0, 0.05) is 18.6 Å². The van der Waals surface area contributed by atoms with Crippen molar-refractivity contribution in [3.05, 3.63) is 108 Å². The molecule has 150 valence electrons. The van der Waals surface area contributed by atoms with Gasteiger partial charge in [0.2, 0.25) is 0 Å². The van der Waals surface area contributed by atoms with Crippen LogP contribution in [0.15, 0.2) is 91.0 Å². The number of piperidine rings is 1. The Balaban J connectivity index is 1.47. The molecule has 3 aromatic carbocycles. The summed E-state index contributed by atoms with van der Waals surface area (Å²) >= 11 is 0. The van der Waals surface area contributed by atoms with Gasteiger partial charge in [-0.2, -0.15) is 0 Å². The van der Waals surface area contributed by atoms with Crippen molar-refractivity contribution in [2.24, 2.45) is 5.92 Å². The lowest BCUT2D eigenvalue weighted by Crippen LogP contribution is -2.50. The predicted octanol–water partition coefficient (Wildman–Crippen LogP) is 6.18. The maximum atomic E-state index is 2.79. The molecule has 1 fully saturated rings. The Morgan fingerprint density at radius 3 is 1.76 bits per heavy atom. The van der Waals surface area contributed by atoms with Gasteiger partial charge in [0.05, 0.1) is 0 Å². The number of rotatable bonds is 7. The standard InChI is InChI=1S/C28H33N/c1-23-19-27(20-25-13-7-3-8-14-25)22-28(21-26-15-9-4-10-16-26)29(23)18-17-24-11-5-2-6-12-24/h2-16,23,27-28H,17-22H2,1H3/t23-,27?,28+/m1/s1. The van der Waals surface area contributed by atoms with Crippen molar-refractivity contribution in [3.8, 4) is 0 Å². The zero-order chi connectivity index (χ0) is 19.9. The largest absolute Gasteiger partial charge is 0.297 e. The van der Waals surface area contributed by atoms with E-state index in [1.807, 2.05) is 0 Å². The Bertz CT molecular complexity index is 843. The molecule has 4 rings (SSSR count). The highest BCUT2D eigenvalue weighted by Crippen LogP contribution is 2.32. The minimum absolute atomic E-state index is 0.624. The average molecular weight is 384 g/mol. The lowest BCUT2D eigenvalue weighted by Gasteiger charge is -2.44. The third-order valence-electron chi connectivity index (χ3n) is 6.50. The summed E-state index contributed by atoms with van der Waals surface area (Å²) in [4.78, 5) is 2.79. The van der Waals surface area contributed by atoms with Crippen LogP contribution in [0.4, 0.5) is 0 Å². The van der Waals surface area contributed by atoms with Gasteiger partial charge in [-0.05, 0) is 61.6 Å². The minimum Gasteiger partial charge on any atom is -0.297 e. The molecule has 3 atom stereocenters. The summed E-state index contributed by atoms with van der Waals surface area (Å²) < 4.78 is 0. The normalized spacial score (nSPS) is 22.4. The molecule has 0 N–H and O–H groups in total. The van der Waals surface area contributed by atoms with Crippen LogP contribution in [0.2, 0.25) is 0 Å². The Morgan fingerprint density at radius 2 is 1.17 bits per heavy atom. The lowest BCUT2D eigenvalue weighted by atomic mass is 9.80. The SMILES string of the molecule is C[C@@H]1CC(Cc2ccccc2)C[C@H](Cc2ccccc2)N1CCc1ccccc1. The maximum absolute atomic E-state index is 2.79. The van der Waals surface area contributed by atoms with E-state index in [-0.39, 0.29) is 0 Å². The molecule has 0 radical (unpaired) electrons. The van der Waals surface area contributed by atoms with E-state index >= 15 is 0 Å². The van der Waals surface area contributed by atoms with E-state index in [0.29, 0.717) is 12.1 Å². The van der Waals surface area contributed by atoms with Gasteiger partial charge in [-0.15, -0.1) is 0 Å². The van der Waals surface area contributed by atoms with Crippen molar-refractivity contribution in [2.75, 3.05) is 6.54 Å². The Morgan fingerprint density at radius 1 is 0.655 bits per heavy atom. The molecule has 3 aromatic rings. The van der Waals surface area contributed by atoms with Crippen molar-refractivity contribution >= 4 is 0 Å². The molecule has 29 heavy (non-hydrogen) atoms. The van der Waals surface area contributed by atoms with Crippen LogP contribution in [0.3, 0.4) is 0 Å². The lowest BCUT2D eigenvalue weighted by molar-refractivity contribution is 0.0615. The Hall–Kier alpha value is -2.38. The fourth-order valence-electron chi connectivity index (χ4n) is 5.10. The number of hydrogen-bond acceptors (Lipinski definition) is 1. The highest BCUT2D eigenvalue weighted by atomic mass is 15.2. The summed E-state index contributed by atoms with van der Waals surface area (Å²) in [5.74, 6) is 0.772. The van der Waals surface area contributed by atoms with Crippen LogP contribution in [0.25, 0.3) is 0 Å². The monoisotopic (exact) mass is 383 g/mol. The number of hydrogen-bond donors (Lipinski definition) is 0. The molecule has 0 aromatic heterocycles. The first-order chi connectivity index (χ1) is 14.3. The fraction of sp³-hybridized carbons (Fsp3) is 0.357. The molecule has 1 saturated heterocycles. The molecule has 0 saturated carbocycles. The quantitative estimate of drug-likeness (QED) is 0.470. The van der Waals surface area contributed by atoms with Gasteiger partial charge in [0.15, 0.2) is 0 Å². The van der Waals surface area contributed by atoms with E-state index in [2.05, 4.69) is 103 Å². The summed E-state index contributed by atoms with van der Waals surface area (Å²) in [7, 11) is 0. The van der Waals surface area contributed by atoms with Crippen LogP contribution in [0.5, 0.6) is 0 Å². The summed E-state index contributed by atoms with van der Waals surface area (Å²) in [5, 5.41) is 0. The molecule has 1 heteroatoms. The number of benzene rings is 3. The van der Waals surface area contributed by atoms with Crippen LogP contribution < -0.4 is 0 Å². The molecule has 1 nitrogen and oxygen atoms in total. The van der Waals surface area contributed by atoms with Gasteiger partial charge in [-0.3, -0.25) is 4.90 Å². The zero-order valence-corrected chi connectivity index (χ0v) is 17.6. The summed E-state index contributed by atoms with van der Waals surface area (Å²) in [6, 6.07) is 34.3. The maximum Gasteiger partial charge on any atom is 0.0141 e. The third kappa shape index (κ3) is 5.58. The fourth-order valence-corrected chi connectivity index (χ4v) is 5.10. The molecule has 0 bridgehead atoms. The minimum atomic E-state index is 0.624. The van der Waals surface area contributed by atoms with Gasteiger partial charge in [0.1, 0.15) is 0 Å². The van der Waals surface area contributed by atoms with Crippen LogP contribution in [0, 0.1) is 5.92 Å². The van der Waals surface area contributed by atoms with E-state index in [1.54, 1.807) is 0 Å². The summed E-state index contributed by atoms with van der Waals surface area (Å²) in [6.45, 7) is 3.60. The molecule has 1 unspecified atom stereocenters. The molecule has 0 amide bonds. The smallest absolute Gasteiger partial charge is 0.0141 e. The van der Waals surface area contributed by atoms with Crippen molar-refractivity contribution < 1.29 is 0 Å². The molecular weight excluding hydrogens is 350 g/mol. The first-order valence-electron chi connectivity index (χ1n) is 11.2. The molecule has 1 heterocycles. The first kappa shape index (κ1) is 19.9. The van der Waals surface area contributed by atoms with Gasteiger partial charge >= 0.3 is 0 Å². The van der Waals surface area contributed by atoms with Gasteiger partial charge in [-0.1, -0.05) is 91.0 Å². The molecular formula is C28H33N. The van der Waals surface area contributed by atoms with Crippen LogP contribution >= 0.6 is 0 Å². The van der Waals surface area contributed by atoms with Gasteiger partial charge < -0.3 is 0 Å². The van der Waals surface area contributed by atoms with Crippen molar-refractivity contribution in [1.29, 1.82) is 0 Å². The Labute approximate surface area is 176 Å². The molecule has 0 aliphatic carbocycles. The number of likely N-dealkylation sites (tertiary alicyclic amines) is 1. The summed E-state index contributed by atoms with van der Waals surface area (Å²) in [5.41, 5.74) is 4.40. The number of nitrogens with zero attached hydrogens (tertiary/aromatic N) is 1. The Kier molecular flexibility index (Phi) is 6.79. The van der Waals surface area contributed by atoms with Crippen molar-refractivity contribution in [3.63, 3.8) is 0 Å². The van der Waals surface area contributed by atoms with E-state index in [1.165, 1.54) is 36.0 Å². The molecule has 1 aliphatic heterocycles. The first-order valence-corrected chi connectivity index (χ1v) is 11.2. The van der Waals surface area contributed by atoms with Crippen LogP contribution in [-0.2, 0) is 19.3 Å². The molecule has 1 aliphatic rings. The summed E-state index contributed by atoms with van der Waals surface area (Å²) in [6.07, 6.45) is 6.10. The zero-order valence-electron chi connectivity index (χ0n) is 17.6. The van der Waals surface area contributed by atoms with Gasteiger partial charge in [-0.25, -0.2) is 0 Å². The highest BCUT2D eigenvalue weighted by molar-refractivity contribution is 5.19. The van der Waals surface area contributed by atoms with E-state index < -0.39 is 0 Å². The van der Waals surface area contributed by atoms with Crippen LogP contribution in [-0.4, -0.2) is 23.5 Å². The average Bonchev–Trinajstić information content (AvgIpc) is 2.75. The van der Waals surface area contributed by atoms with E-state index in [9.17, 15) is 0 Å². The predicted molar refractivity (Wildman–Crippen MR) is 123 cm³/mol. The van der Waals surface area contributed by atoms with Crippen molar-refractivity contribution in [2.45, 2.75) is 51.1 Å². The third-order valence-corrected chi connectivity index (χ3v) is 6.50. The van der Waals surface area contributed by atoms with Gasteiger partial charge in [0.25, 0.3) is 0 Å². The second kappa shape index (κ2) is 9.89. The molecule has 0 spiro atoms. The topological polar surface area (TPSA) is 3.24 Å². The second-order valence-corrected chi connectivity index (χ2v) is 8.69. The van der Waals surface area contributed by atoms with E-state index in [0.717, 1.165) is 25.3 Å². The van der Waals surface area contributed by atoms with Crippen molar-refractivity contribution in [1.82, 2.24) is 4.90 Å². The van der Waals surface area contributed by atoms with Crippen LogP contribution in [0.1, 0.15) is 36.5 Å². The van der Waals surface area contributed by atoms with E-state index in [4.69, 9.17) is 0 Å². The highest BCUT2D eigenvalue weighted by Gasteiger charge is 2.33.